The second kappa shape index (κ2) is 8.99. The van der Waals surface area contributed by atoms with Crippen LogP contribution in [0.2, 0.25) is 0 Å². The van der Waals surface area contributed by atoms with Crippen molar-refractivity contribution in [1.82, 2.24) is 14.4 Å². The Bertz CT molecular complexity index is 2200. The predicted molar refractivity (Wildman–Crippen MR) is 168 cm³/mol. The van der Waals surface area contributed by atoms with Gasteiger partial charge in [-0.25, -0.2) is 9.97 Å². The van der Waals surface area contributed by atoms with Crippen molar-refractivity contribution in [3.05, 3.63) is 133 Å². The summed E-state index contributed by atoms with van der Waals surface area (Å²) in [6, 6.07) is 44.4. The molecule has 3 heterocycles. The summed E-state index contributed by atoms with van der Waals surface area (Å²) >= 11 is 1.58. The third kappa shape index (κ3) is 3.35. The predicted octanol–water partition coefficient (Wildman–Crippen LogP) is 7.56. The summed E-state index contributed by atoms with van der Waals surface area (Å²) in [6.45, 7) is 0. The van der Waals surface area contributed by atoms with Crippen LogP contribution in [0.3, 0.4) is 0 Å². The largest absolute Gasteiger partial charge is 0.309 e. The minimum Gasteiger partial charge on any atom is -0.309 e. The van der Waals surface area contributed by atoms with Crippen molar-refractivity contribution in [2.75, 3.05) is 0 Å². The van der Waals surface area contributed by atoms with Crippen LogP contribution in [0.4, 0.5) is 0 Å². The van der Waals surface area contributed by atoms with Crippen LogP contribution >= 0.6 is 18.5 Å². The third-order valence-corrected chi connectivity index (χ3v) is 11.9. The summed E-state index contributed by atoms with van der Waals surface area (Å²) in [5, 5.41) is 4.62. The van der Waals surface area contributed by atoms with Gasteiger partial charge in [-0.2, -0.15) is 0 Å². The first kappa shape index (κ1) is 23.3. The molecular formula is C34H22N3OPS. The van der Waals surface area contributed by atoms with Crippen molar-refractivity contribution in [1.29, 1.82) is 0 Å². The van der Waals surface area contributed by atoms with Gasteiger partial charge in [0.1, 0.15) is 5.52 Å². The zero-order valence-corrected chi connectivity index (χ0v) is 23.0. The van der Waals surface area contributed by atoms with E-state index in [1.54, 1.807) is 11.3 Å². The number of hydrogen-bond donors (Lipinski definition) is 0. The normalized spacial score (nSPS) is 12.1. The van der Waals surface area contributed by atoms with Crippen LogP contribution in [-0.4, -0.2) is 14.4 Å². The van der Waals surface area contributed by atoms with Crippen molar-refractivity contribution in [3.63, 3.8) is 0 Å². The van der Waals surface area contributed by atoms with E-state index in [0.717, 1.165) is 64.3 Å². The third-order valence-electron chi connectivity index (χ3n) is 7.51. The first-order chi connectivity index (χ1) is 19.7. The number of imidazole rings is 1. The molecule has 3 aromatic heterocycles. The Morgan fingerprint density at radius 1 is 0.600 bits per heavy atom. The molecule has 0 radical (unpaired) electrons. The van der Waals surface area contributed by atoms with Gasteiger partial charge in [-0.15, -0.1) is 0 Å². The lowest BCUT2D eigenvalue weighted by Gasteiger charge is -2.20. The molecule has 0 bridgehead atoms. The van der Waals surface area contributed by atoms with E-state index >= 15 is 4.57 Å². The Balaban J connectivity index is 1.47. The first-order valence-corrected chi connectivity index (χ1v) is 15.7. The van der Waals surface area contributed by atoms with Crippen molar-refractivity contribution in [2.45, 2.75) is 0 Å². The van der Waals surface area contributed by atoms with Gasteiger partial charge in [-0.05, 0) is 12.1 Å². The molecule has 0 unspecified atom stereocenters. The maximum Gasteiger partial charge on any atom is 0.197 e. The smallest absolute Gasteiger partial charge is 0.197 e. The summed E-state index contributed by atoms with van der Waals surface area (Å²) < 4.78 is 18.4. The fourth-order valence-corrected chi connectivity index (χ4v) is 9.97. The molecule has 40 heavy (non-hydrogen) atoms. The highest BCUT2D eigenvalue weighted by atomic mass is 32.1. The highest BCUT2D eigenvalue weighted by molar-refractivity contribution is 7.86. The number of benzene rings is 5. The Morgan fingerprint density at radius 2 is 1.20 bits per heavy atom. The summed E-state index contributed by atoms with van der Waals surface area (Å²) in [6.07, 6.45) is 0. The van der Waals surface area contributed by atoms with E-state index in [2.05, 4.69) is 40.8 Å². The topological polar surface area (TPSA) is 47.3 Å². The number of pyridine rings is 1. The molecule has 0 amide bonds. The SMILES string of the molecule is O=P(c1ccccc1)(c1ccccc1)c1cccc2c1sc1nc3c4ccccc4c(-c4ccccc4)nc3n12. The highest BCUT2D eigenvalue weighted by Gasteiger charge is 2.32. The van der Waals surface area contributed by atoms with Crippen LogP contribution in [-0.2, 0) is 4.57 Å². The molecule has 0 aliphatic heterocycles. The Hall–Kier alpha value is -4.57. The van der Waals surface area contributed by atoms with Crippen LogP contribution in [0.1, 0.15) is 0 Å². The highest BCUT2D eigenvalue weighted by Crippen LogP contribution is 2.46. The van der Waals surface area contributed by atoms with E-state index in [1.165, 1.54) is 0 Å². The molecule has 4 nitrogen and oxygen atoms in total. The van der Waals surface area contributed by atoms with Gasteiger partial charge >= 0.3 is 0 Å². The Labute approximate surface area is 234 Å². The molecule has 8 aromatic rings. The number of aromatic nitrogens is 3. The molecule has 0 aliphatic rings. The van der Waals surface area contributed by atoms with Gasteiger partial charge in [0.2, 0.25) is 0 Å². The molecular weight excluding hydrogens is 529 g/mol. The van der Waals surface area contributed by atoms with E-state index < -0.39 is 7.14 Å². The van der Waals surface area contributed by atoms with Crippen molar-refractivity contribution in [2.24, 2.45) is 0 Å². The van der Waals surface area contributed by atoms with Gasteiger partial charge in [-0.3, -0.25) is 4.40 Å². The molecule has 0 spiro atoms. The van der Waals surface area contributed by atoms with Crippen LogP contribution in [0.5, 0.6) is 0 Å². The molecule has 0 fully saturated rings. The second-order valence-electron chi connectivity index (χ2n) is 9.78. The zero-order chi connectivity index (χ0) is 26.7. The van der Waals surface area contributed by atoms with Crippen molar-refractivity contribution >= 4 is 71.5 Å². The molecule has 0 saturated carbocycles. The average molecular weight is 552 g/mol. The second-order valence-corrected chi connectivity index (χ2v) is 13.5. The van der Waals surface area contributed by atoms with Gasteiger partial charge in [0.25, 0.3) is 0 Å². The molecule has 5 aromatic carbocycles. The van der Waals surface area contributed by atoms with E-state index in [1.807, 2.05) is 97.1 Å². The van der Waals surface area contributed by atoms with E-state index in [4.69, 9.17) is 9.97 Å². The maximum atomic E-state index is 15.3. The van der Waals surface area contributed by atoms with Crippen molar-refractivity contribution < 1.29 is 4.57 Å². The van der Waals surface area contributed by atoms with Gasteiger partial charge in [-0.1, -0.05) is 133 Å². The van der Waals surface area contributed by atoms with E-state index in [9.17, 15) is 0 Å². The molecule has 190 valence electrons. The molecule has 0 atom stereocenters. The fourth-order valence-electron chi connectivity index (χ4n) is 5.68. The minimum atomic E-state index is -3.16. The van der Waals surface area contributed by atoms with Crippen LogP contribution in [0.25, 0.3) is 48.4 Å². The van der Waals surface area contributed by atoms with Gasteiger partial charge < -0.3 is 4.57 Å². The molecule has 8 rings (SSSR count). The van der Waals surface area contributed by atoms with Crippen LogP contribution in [0, 0.1) is 0 Å². The summed E-state index contributed by atoms with van der Waals surface area (Å²) in [7, 11) is -3.16. The maximum absolute atomic E-state index is 15.3. The number of hydrogen-bond acceptors (Lipinski definition) is 4. The fraction of sp³-hybridized carbons (Fsp3) is 0. The molecule has 0 saturated heterocycles. The minimum absolute atomic E-state index is 0.810. The van der Waals surface area contributed by atoms with Gasteiger partial charge in [0, 0.05) is 32.2 Å². The monoisotopic (exact) mass is 551 g/mol. The molecule has 0 aliphatic carbocycles. The van der Waals surface area contributed by atoms with Gasteiger partial charge in [0.15, 0.2) is 17.7 Å². The first-order valence-electron chi connectivity index (χ1n) is 13.1. The molecule has 6 heteroatoms. The molecule has 0 N–H and O–H groups in total. The lowest BCUT2D eigenvalue weighted by molar-refractivity contribution is 0.592. The Morgan fingerprint density at radius 3 is 1.88 bits per heavy atom. The lowest BCUT2D eigenvalue weighted by atomic mass is 10.0. The number of rotatable bonds is 4. The summed E-state index contributed by atoms with van der Waals surface area (Å²) in [4.78, 5) is 11.2. The summed E-state index contributed by atoms with van der Waals surface area (Å²) in [5.74, 6) is 0. The van der Waals surface area contributed by atoms with Crippen LogP contribution < -0.4 is 15.9 Å². The average Bonchev–Trinajstić information content (AvgIpc) is 3.58. The lowest BCUT2D eigenvalue weighted by Crippen LogP contribution is -2.25. The standard InChI is InChI=1S/C34H22N3OPS/c38-39(24-15-6-2-7-16-24,25-17-8-3-9-18-25)29-22-12-21-28-32(29)40-34-36-31-27-20-11-10-19-26(27)30(35-33(31)37(28)34)23-13-4-1-5-14-23/h1-22H. The number of nitrogens with zero attached hydrogens (tertiary/aromatic N) is 3. The number of thiazole rings is 1. The summed E-state index contributed by atoms with van der Waals surface area (Å²) in [5.41, 5.74) is 4.65. The van der Waals surface area contributed by atoms with Crippen LogP contribution in [0.15, 0.2) is 133 Å². The quantitative estimate of drug-likeness (QED) is 0.212. The van der Waals surface area contributed by atoms with Gasteiger partial charge in [0.05, 0.1) is 15.9 Å². The van der Waals surface area contributed by atoms with Crippen molar-refractivity contribution in [3.8, 4) is 11.3 Å². The zero-order valence-electron chi connectivity index (χ0n) is 21.3. The Kier molecular flexibility index (Phi) is 5.24. The van der Waals surface area contributed by atoms with E-state index in [-0.39, 0.29) is 0 Å². The van der Waals surface area contributed by atoms with E-state index in [0.29, 0.717) is 0 Å². The number of fused-ring (bicyclic) bond motifs is 7.